The van der Waals surface area contributed by atoms with Crippen molar-refractivity contribution in [2.45, 2.75) is 78.7 Å². The molecule has 0 radical (unpaired) electrons. The van der Waals surface area contributed by atoms with Crippen LogP contribution in [0.2, 0.25) is 0 Å². The van der Waals surface area contributed by atoms with Crippen molar-refractivity contribution >= 4 is 30.0 Å². The molecule has 2 aromatic carbocycles. The molecule has 0 fully saturated rings. The number of methoxy groups -OCH3 is 2. The number of hydrogen-bond donors (Lipinski definition) is 5. The molecule has 0 saturated heterocycles. The molecule has 1 aromatic heterocycles. The number of benzene rings is 2. The number of alkyl carbamates (subject to hydrolysis) is 2. The van der Waals surface area contributed by atoms with Crippen molar-refractivity contribution in [2.75, 3.05) is 27.3 Å². The maximum atomic E-state index is 14.0. The summed E-state index contributed by atoms with van der Waals surface area (Å²) in [6.45, 7) is 10.3. The number of carbonyl (C=O) groups is 5. The molecular formula is C40H55N7O8. The van der Waals surface area contributed by atoms with Crippen LogP contribution in [0.5, 0.6) is 0 Å². The van der Waals surface area contributed by atoms with Gasteiger partial charge in [-0.05, 0) is 40.5 Å². The van der Waals surface area contributed by atoms with Crippen molar-refractivity contribution in [3.05, 3.63) is 90.1 Å². The van der Waals surface area contributed by atoms with Gasteiger partial charge in [0.25, 0.3) is 5.91 Å². The summed E-state index contributed by atoms with van der Waals surface area (Å²) < 4.78 is 15.6. The van der Waals surface area contributed by atoms with E-state index in [-0.39, 0.29) is 19.5 Å². The van der Waals surface area contributed by atoms with Gasteiger partial charge in [0.1, 0.15) is 18.2 Å². The van der Waals surface area contributed by atoms with Gasteiger partial charge in [-0.2, -0.15) is 0 Å². The second-order valence-corrected chi connectivity index (χ2v) is 15.2. The van der Waals surface area contributed by atoms with Gasteiger partial charge in [0, 0.05) is 18.3 Å². The number of carbonyl (C=O) groups excluding carboxylic acids is 5. The second kappa shape index (κ2) is 20.2. The molecule has 15 heteroatoms. The number of aromatic nitrogens is 1. The zero-order chi connectivity index (χ0) is 40.8. The first-order valence-electron chi connectivity index (χ1n) is 17.9. The summed E-state index contributed by atoms with van der Waals surface area (Å²) in [4.78, 5) is 70.1. The lowest BCUT2D eigenvalue weighted by atomic mass is 9.85. The van der Waals surface area contributed by atoms with Gasteiger partial charge in [-0.3, -0.25) is 24.8 Å². The van der Waals surface area contributed by atoms with E-state index in [1.165, 1.54) is 14.2 Å². The molecule has 0 unspecified atom stereocenters. The maximum Gasteiger partial charge on any atom is 0.407 e. The standard InChI is InChI=1S/C40H55N7O8/c1-39(2,3)33(44-37(51)53-7)35(49)43-30(22-26-14-10-9-11-15-26)31(55-32(48)23-41)25-47(46-36(50)34(40(4,5)6)45-38(52)54-8)24-27-17-19-28(20-18-27)29-16-12-13-21-42-29/h9-21,30-31,33-34H,22-25,41H2,1-8H3,(H,43,49)(H,44,51)(H,45,52)(H,46,50)/t30-,31-,33+,34+/m0/s1. The summed E-state index contributed by atoms with van der Waals surface area (Å²) in [6, 6.07) is 19.5. The highest BCUT2D eigenvalue weighted by Gasteiger charge is 2.38. The third-order valence-corrected chi connectivity index (χ3v) is 8.63. The Kier molecular flexibility index (Phi) is 16.1. The quantitative estimate of drug-likeness (QED) is 0.0809. The Bertz CT molecular complexity index is 1710. The van der Waals surface area contributed by atoms with Crippen LogP contribution in [0.25, 0.3) is 11.3 Å². The second-order valence-electron chi connectivity index (χ2n) is 15.2. The SMILES string of the molecule is COC(=O)N[C@H](C(=O)N[C@@H](Cc1ccccc1)[C@H](CN(Cc1ccc(-c2ccccn2)cc1)NC(=O)[C@@H](NC(=O)OC)C(C)(C)C)OC(=O)CN)C(C)(C)C. The smallest absolute Gasteiger partial charge is 0.407 e. The lowest BCUT2D eigenvalue weighted by Gasteiger charge is -2.37. The average molecular weight is 762 g/mol. The lowest BCUT2D eigenvalue weighted by Crippen LogP contribution is -2.61. The van der Waals surface area contributed by atoms with Gasteiger partial charge in [-0.1, -0.05) is 102 Å². The molecule has 15 nitrogen and oxygen atoms in total. The summed E-state index contributed by atoms with van der Waals surface area (Å²) >= 11 is 0. The molecule has 298 valence electrons. The van der Waals surface area contributed by atoms with Crippen LogP contribution in [0, 0.1) is 10.8 Å². The molecule has 3 rings (SSSR count). The summed E-state index contributed by atoms with van der Waals surface area (Å²) in [5.41, 5.74) is 10.4. The first kappa shape index (κ1) is 43.9. The van der Waals surface area contributed by atoms with E-state index in [9.17, 15) is 24.0 Å². The zero-order valence-corrected chi connectivity index (χ0v) is 32.9. The van der Waals surface area contributed by atoms with Crippen molar-refractivity contribution < 1.29 is 38.2 Å². The Hall–Kier alpha value is -5.54. The van der Waals surface area contributed by atoms with E-state index in [1.54, 1.807) is 52.7 Å². The molecule has 6 N–H and O–H groups in total. The molecule has 4 amide bonds. The third kappa shape index (κ3) is 14.0. The fourth-order valence-electron chi connectivity index (χ4n) is 5.70. The topological polar surface area (TPSA) is 203 Å². The Morgan fingerprint density at radius 1 is 0.727 bits per heavy atom. The number of nitrogens with zero attached hydrogens (tertiary/aromatic N) is 2. The fourth-order valence-corrected chi connectivity index (χ4v) is 5.70. The predicted octanol–water partition coefficient (Wildman–Crippen LogP) is 3.72. The van der Waals surface area contributed by atoms with Crippen LogP contribution in [-0.4, -0.2) is 91.5 Å². The van der Waals surface area contributed by atoms with Crippen LogP contribution >= 0.6 is 0 Å². The number of hydrazine groups is 1. The van der Waals surface area contributed by atoms with E-state index in [0.29, 0.717) is 0 Å². The number of ether oxygens (including phenoxy) is 3. The molecular weight excluding hydrogens is 706 g/mol. The van der Waals surface area contributed by atoms with E-state index in [1.807, 2.05) is 72.8 Å². The molecule has 0 bridgehead atoms. The van der Waals surface area contributed by atoms with Crippen molar-refractivity contribution in [2.24, 2.45) is 16.6 Å². The van der Waals surface area contributed by atoms with Crippen LogP contribution in [-0.2, 0) is 41.6 Å². The molecule has 0 saturated carbocycles. The van der Waals surface area contributed by atoms with Gasteiger partial charge in [0.15, 0.2) is 0 Å². The molecule has 0 spiro atoms. The number of pyridine rings is 1. The lowest BCUT2D eigenvalue weighted by molar-refractivity contribution is -0.152. The monoisotopic (exact) mass is 761 g/mol. The Morgan fingerprint density at radius 2 is 1.29 bits per heavy atom. The minimum absolute atomic E-state index is 0.112. The Balaban J connectivity index is 2.09. The maximum absolute atomic E-state index is 14.0. The number of hydrogen-bond acceptors (Lipinski definition) is 11. The minimum Gasteiger partial charge on any atom is -0.458 e. The van der Waals surface area contributed by atoms with Gasteiger partial charge in [-0.15, -0.1) is 0 Å². The highest BCUT2D eigenvalue weighted by atomic mass is 16.6. The Morgan fingerprint density at radius 3 is 1.80 bits per heavy atom. The molecule has 55 heavy (non-hydrogen) atoms. The summed E-state index contributed by atoms with van der Waals surface area (Å²) in [5.74, 6) is -1.86. The van der Waals surface area contributed by atoms with Crippen LogP contribution in [0.15, 0.2) is 79.0 Å². The number of nitrogens with one attached hydrogen (secondary N) is 4. The molecule has 0 aliphatic heterocycles. The van der Waals surface area contributed by atoms with E-state index in [0.717, 1.165) is 22.4 Å². The first-order valence-corrected chi connectivity index (χ1v) is 17.9. The molecule has 4 atom stereocenters. The van der Waals surface area contributed by atoms with Crippen molar-refractivity contribution in [3.8, 4) is 11.3 Å². The largest absolute Gasteiger partial charge is 0.458 e. The van der Waals surface area contributed by atoms with Crippen LogP contribution < -0.4 is 27.1 Å². The zero-order valence-electron chi connectivity index (χ0n) is 32.9. The van der Waals surface area contributed by atoms with Crippen molar-refractivity contribution in [1.82, 2.24) is 31.4 Å². The normalized spacial score (nSPS) is 13.7. The van der Waals surface area contributed by atoms with E-state index >= 15 is 0 Å². The van der Waals surface area contributed by atoms with E-state index < -0.39 is 71.6 Å². The van der Waals surface area contributed by atoms with Gasteiger partial charge in [-0.25, -0.2) is 14.6 Å². The van der Waals surface area contributed by atoms with Gasteiger partial charge >= 0.3 is 18.2 Å². The van der Waals surface area contributed by atoms with Crippen LogP contribution in [0.1, 0.15) is 52.7 Å². The first-order chi connectivity index (χ1) is 25.9. The number of nitrogens with two attached hydrogens (primary N) is 1. The number of amides is 4. The van der Waals surface area contributed by atoms with Gasteiger partial charge in [0.05, 0.1) is 39.0 Å². The highest BCUT2D eigenvalue weighted by Crippen LogP contribution is 2.23. The third-order valence-electron chi connectivity index (χ3n) is 8.63. The Labute approximate surface area is 323 Å². The minimum atomic E-state index is -1.10. The summed E-state index contributed by atoms with van der Waals surface area (Å²) in [7, 11) is 2.41. The molecule has 3 aromatic rings. The molecule has 0 aliphatic rings. The van der Waals surface area contributed by atoms with Crippen molar-refractivity contribution in [3.63, 3.8) is 0 Å². The van der Waals surface area contributed by atoms with Gasteiger partial charge < -0.3 is 35.9 Å². The highest BCUT2D eigenvalue weighted by molar-refractivity contribution is 5.87. The fraction of sp³-hybridized carbons (Fsp3) is 0.450. The average Bonchev–Trinajstić information content (AvgIpc) is 3.15. The number of rotatable bonds is 16. The molecule has 1 heterocycles. The molecule has 0 aliphatic carbocycles. The summed E-state index contributed by atoms with van der Waals surface area (Å²) in [5, 5.41) is 9.80. The summed E-state index contributed by atoms with van der Waals surface area (Å²) in [6.07, 6.45) is -0.788. The van der Waals surface area contributed by atoms with E-state index in [2.05, 4.69) is 26.4 Å². The van der Waals surface area contributed by atoms with E-state index in [4.69, 9.17) is 19.9 Å². The van der Waals surface area contributed by atoms with Crippen LogP contribution in [0.4, 0.5) is 9.59 Å². The van der Waals surface area contributed by atoms with Crippen molar-refractivity contribution in [1.29, 1.82) is 0 Å². The van der Waals surface area contributed by atoms with Crippen LogP contribution in [0.3, 0.4) is 0 Å². The number of esters is 1. The predicted molar refractivity (Wildman–Crippen MR) is 207 cm³/mol. The van der Waals surface area contributed by atoms with Gasteiger partial charge in [0.2, 0.25) is 5.91 Å².